The van der Waals surface area contributed by atoms with Crippen LogP contribution in [0.1, 0.15) is 11.7 Å². The van der Waals surface area contributed by atoms with Gasteiger partial charge < -0.3 is 10.2 Å². The maximum absolute atomic E-state index is 3.76. The van der Waals surface area contributed by atoms with Crippen molar-refractivity contribution in [1.82, 2.24) is 0 Å². The minimum Gasteiger partial charge on any atom is -0.359 e. The fourth-order valence-corrected chi connectivity index (χ4v) is 8.06. The molecule has 0 saturated heterocycles. The summed E-state index contributed by atoms with van der Waals surface area (Å²) in [6.07, 6.45) is 0.0189. The molecule has 2 heteroatoms. The molecular weight excluding hydrogens is 617 g/mol. The Labute approximate surface area is 297 Å². The van der Waals surface area contributed by atoms with Gasteiger partial charge in [-0.15, -0.1) is 0 Å². The van der Waals surface area contributed by atoms with Gasteiger partial charge in [-0.25, -0.2) is 0 Å². The van der Waals surface area contributed by atoms with Crippen molar-refractivity contribution in [3.63, 3.8) is 0 Å². The van der Waals surface area contributed by atoms with Crippen LogP contribution in [0.25, 0.3) is 65.7 Å². The molecule has 1 aliphatic heterocycles. The Kier molecular flexibility index (Phi) is 6.92. The van der Waals surface area contributed by atoms with E-state index in [0.29, 0.717) is 0 Å². The van der Waals surface area contributed by atoms with E-state index < -0.39 is 0 Å². The van der Waals surface area contributed by atoms with Crippen molar-refractivity contribution in [2.24, 2.45) is 0 Å². The van der Waals surface area contributed by atoms with Gasteiger partial charge in [0.2, 0.25) is 0 Å². The van der Waals surface area contributed by atoms with Crippen molar-refractivity contribution < 1.29 is 0 Å². The highest BCUT2D eigenvalue weighted by Gasteiger charge is 2.30. The van der Waals surface area contributed by atoms with Crippen LogP contribution < -0.4 is 10.2 Å². The summed E-state index contributed by atoms with van der Waals surface area (Å²) < 4.78 is 0. The second kappa shape index (κ2) is 12.0. The van der Waals surface area contributed by atoms with Gasteiger partial charge in [0.05, 0.1) is 11.4 Å². The Bertz CT molecular complexity index is 2710. The molecule has 9 aromatic carbocycles. The molecule has 0 aliphatic carbocycles. The first-order chi connectivity index (χ1) is 25.3. The molecule has 2 nitrogen and oxygen atoms in total. The zero-order valence-electron chi connectivity index (χ0n) is 28.0. The Morgan fingerprint density at radius 3 is 1.75 bits per heavy atom. The van der Waals surface area contributed by atoms with Crippen molar-refractivity contribution in [1.29, 1.82) is 0 Å². The van der Waals surface area contributed by atoms with Crippen molar-refractivity contribution >= 4 is 49.4 Å². The average molecular weight is 651 g/mol. The number of rotatable bonds is 5. The molecule has 0 aromatic heterocycles. The van der Waals surface area contributed by atoms with E-state index in [4.69, 9.17) is 0 Å². The number of nitrogens with one attached hydrogen (secondary N) is 1. The maximum atomic E-state index is 3.76. The largest absolute Gasteiger partial charge is 0.359 e. The van der Waals surface area contributed by atoms with Crippen LogP contribution in [0.5, 0.6) is 0 Å². The zero-order valence-corrected chi connectivity index (χ0v) is 28.0. The molecule has 1 atom stereocenters. The molecule has 0 spiro atoms. The molecule has 1 N–H and O–H groups in total. The highest BCUT2D eigenvalue weighted by Crippen LogP contribution is 2.47. The van der Waals surface area contributed by atoms with Gasteiger partial charge in [-0.2, -0.15) is 0 Å². The Morgan fingerprint density at radius 1 is 0.373 bits per heavy atom. The van der Waals surface area contributed by atoms with Crippen molar-refractivity contribution in [2.75, 3.05) is 10.2 Å². The van der Waals surface area contributed by atoms with Gasteiger partial charge in [-0.1, -0.05) is 158 Å². The van der Waals surface area contributed by atoms with Crippen molar-refractivity contribution in [2.45, 2.75) is 6.17 Å². The van der Waals surface area contributed by atoms with Crippen LogP contribution in [-0.2, 0) is 0 Å². The third-order valence-electron chi connectivity index (χ3n) is 10.4. The van der Waals surface area contributed by atoms with E-state index in [9.17, 15) is 0 Å². The smallest absolute Gasteiger partial charge is 0.130 e. The Balaban J connectivity index is 1.14. The first-order valence-corrected chi connectivity index (χ1v) is 17.6. The molecule has 1 heterocycles. The highest BCUT2D eigenvalue weighted by molar-refractivity contribution is 6.22. The molecule has 0 saturated carbocycles. The van der Waals surface area contributed by atoms with Gasteiger partial charge in [-0.05, 0) is 108 Å². The second-order valence-electron chi connectivity index (χ2n) is 13.4. The van der Waals surface area contributed by atoms with Crippen molar-refractivity contribution in [3.8, 4) is 33.4 Å². The van der Waals surface area contributed by atoms with Crippen LogP contribution in [0.4, 0.5) is 17.1 Å². The lowest BCUT2D eigenvalue weighted by Crippen LogP contribution is -2.23. The first-order valence-electron chi connectivity index (χ1n) is 17.6. The Hall–Kier alpha value is -6.64. The van der Waals surface area contributed by atoms with Crippen LogP contribution in [-0.4, -0.2) is 0 Å². The molecule has 0 amide bonds. The van der Waals surface area contributed by atoms with Gasteiger partial charge >= 0.3 is 0 Å². The SMILES string of the molecule is c1ccc(-c2c3ccccc3c(-c3ccc4ccccc4c3)c3ccc(-c4ccc(N5c6ccccc6NC5c5ccccc5)cc4)cc23)cc1. The number of anilines is 3. The number of hydrogen-bond acceptors (Lipinski definition) is 2. The molecule has 1 unspecified atom stereocenters. The standard InChI is InChI=1S/C49H34N2/c1-3-14-35(15-4-1)47-41-19-9-10-20-42(41)48(39-24-23-33-13-7-8-18-37(33)31-39)43-30-27-38(32-44(43)47)34-25-28-40(29-26-34)51-46-22-12-11-21-45(46)50-49(51)36-16-5-2-6-17-36/h1-32,49-50H. The minimum atomic E-state index is 0.0189. The van der Waals surface area contributed by atoms with E-state index in [1.54, 1.807) is 0 Å². The van der Waals surface area contributed by atoms with Gasteiger partial charge in [0, 0.05) is 5.69 Å². The molecule has 240 valence electrons. The molecule has 0 radical (unpaired) electrons. The maximum Gasteiger partial charge on any atom is 0.130 e. The predicted molar refractivity (Wildman–Crippen MR) is 217 cm³/mol. The topological polar surface area (TPSA) is 15.3 Å². The van der Waals surface area contributed by atoms with E-state index >= 15 is 0 Å². The van der Waals surface area contributed by atoms with Crippen molar-refractivity contribution in [3.05, 3.63) is 200 Å². The summed E-state index contributed by atoms with van der Waals surface area (Å²) in [4.78, 5) is 2.41. The Morgan fingerprint density at radius 2 is 0.961 bits per heavy atom. The lowest BCUT2D eigenvalue weighted by atomic mass is 9.84. The molecule has 0 fully saturated rings. The molecule has 0 bridgehead atoms. The molecule has 1 aliphatic rings. The van der Waals surface area contributed by atoms with E-state index in [2.05, 4.69) is 204 Å². The summed E-state index contributed by atoms with van der Waals surface area (Å²) in [5, 5.41) is 11.3. The first kappa shape index (κ1) is 29.3. The third-order valence-corrected chi connectivity index (χ3v) is 10.4. The summed E-state index contributed by atoms with van der Waals surface area (Å²) in [5.74, 6) is 0. The van der Waals surface area contributed by atoms with Gasteiger partial charge in [0.15, 0.2) is 0 Å². The molecule has 10 rings (SSSR count). The van der Waals surface area contributed by atoms with Gasteiger partial charge in [0.25, 0.3) is 0 Å². The predicted octanol–water partition coefficient (Wildman–Crippen LogP) is 13.4. The molecular formula is C49H34N2. The normalized spacial score (nSPS) is 13.8. The summed E-state index contributed by atoms with van der Waals surface area (Å²) in [7, 11) is 0. The van der Waals surface area contributed by atoms with Gasteiger partial charge in [0.1, 0.15) is 6.17 Å². The lowest BCUT2D eigenvalue weighted by molar-refractivity contribution is 0.828. The number of fused-ring (bicyclic) bond motifs is 4. The van der Waals surface area contributed by atoms with Gasteiger partial charge in [-0.3, -0.25) is 0 Å². The average Bonchev–Trinajstić information content (AvgIpc) is 3.60. The summed E-state index contributed by atoms with van der Waals surface area (Å²) in [6, 6.07) is 70.6. The molecule has 9 aromatic rings. The fourth-order valence-electron chi connectivity index (χ4n) is 8.06. The summed E-state index contributed by atoms with van der Waals surface area (Å²) in [6.45, 7) is 0. The van der Waals surface area contributed by atoms with Crippen LogP contribution in [0.3, 0.4) is 0 Å². The van der Waals surface area contributed by atoms with E-state index in [-0.39, 0.29) is 6.17 Å². The quantitative estimate of drug-likeness (QED) is 0.187. The van der Waals surface area contributed by atoms with Crippen LogP contribution in [0.15, 0.2) is 194 Å². The summed E-state index contributed by atoms with van der Waals surface area (Å²) in [5.41, 5.74) is 12.1. The van der Waals surface area contributed by atoms with E-state index in [0.717, 1.165) is 11.4 Å². The van der Waals surface area contributed by atoms with E-state index in [1.165, 1.54) is 76.9 Å². The fraction of sp³-hybridized carbons (Fsp3) is 0.0204. The highest BCUT2D eigenvalue weighted by atomic mass is 15.3. The number of para-hydroxylation sites is 2. The molecule has 51 heavy (non-hydrogen) atoms. The minimum absolute atomic E-state index is 0.0189. The van der Waals surface area contributed by atoms with Crippen LogP contribution >= 0.6 is 0 Å². The monoisotopic (exact) mass is 650 g/mol. The van der Waals surface area contributed by atoms with E-state index in [1.807, 2.05) is 0 Å². The van der Waals surface area contributed by atoms with Crippen LogP contribution in [0.2, 0.25) is 0 Å². The van der Waals surface area contributed by atoms with Crippen LogP contribution in [0, 0.1) is 0 Å². The number of nitrogens with zero attached hydrogens (tertiary/aromatic N) is 1. The summed E-state index contributed by atoms with van der Waals surface area (Å²) >= 11 is 0. The number of hydrogen-bond donors (Lipinski definition) is 1. The number of benzene rings is 9. The third kappa shape index (κ3) is 4.95. The lowest BCUT2D eigenvalue weighted by Gasteiger charge is -2.27. The second-order valence-corrected chi connectivity index (χ2v) is 13.4. The zero-order chi connectivity index (χ0) is 33.7.